The zero-order valence-electron chi connectivity index (χ0n) is 12.8. The van der Waals surface area contributed by atoms with Crippen LogP contribution in [0.25, 0.3) is 0 Å². The van der Waals surface area contributed by atoms with Crippen molar-refractivity contribution < 1.29 is 0 Å². The monoisotopic (exact) mass is 285 g/mol. The van der Waals surface area contributed by atoms with E-state index in [4.69, 9.17) is 11.1 Å². The van der Waals surface area contributed by atoms with Crippen LogP contribution < -0.4 is 5.73 Å². The minimum absolute atomic E-state index is 0.0493. The van der Waals surface area contributed by atoms with Crippen LogP contribution >= 0.6 is 0 Å². The van der Waals surface area contributed by atoms with Gasteiger partial charge in [0, 0.05) is 12.6 Å². The number of nitrogens with two attached hydrogens (primary N) is 1. The third-order valence-electron chi connectivity index (χ3n) is 5.35. The highest BCUT2D eigenvalue weighted by molar-refractivity contribution is 5.84. The number of benzene rings is 1. The van der Waals surface area contributed by atoms with E-state index in [1.54, 1.807) is 0 Å². The molecule has 3 N–H and O–H groups in total. The third-order valence-corrected chi connectivity index (χ3v) is 5.35. The Bertz CT molecular complexity index is 465. The van der Waals surface area contributed by atoms with Gasteiger partial charge >= 0.3 is 0 Å². The fourth-order valence-electron chi connectivity index (χ4n) is 4.26. The minimum atomic E-state index is 0.0493. The van der Waals surface area contributed by atoms with Gasteiger partial charge in [-0.25, -0.2) is 0 Å². The molecule has 3 rings (SSSR count). The minimum Gasteiger partial charge on any atom is -0.387 e. The van der Waals surface area contributed by atoms with Crippen molar-refractivity contribution in [3.63, 3.8) is 0 Å². The molecule has 3 heteroatoms. The van der Waals surface area contributed by atoms with Crippen molar-refractivity contribution in [2.75, 3.05) is 13.1 Å². The summed E-state index contributed by atoms with van der Waals surface area (Å²) in [5.74, 6) is 1.24. The molecule has 1 heterocycles. The number of hydrogen-bond donors (Lipinski definition) is 2. The first-order chi connectivity index (χ1) is 10.3. The maximum Gasteiger partial charge on any atom is 0.0995 e. The van der Waals surface area contributed by atoms with Gasteiger partial charge < -0.3 is 5.73 Å². The molecule has 2 fully saturated rings. The molecule has 1 saturated carbocycles. The fraction of sp³-hybridized carbons (Fsp3) is 0.611. The second kappa shape index (κ2) is 6.61. The Balaban J connectivity index is 1.71. The first kappa shape index (κ1) is 14.6. The van der Waals surface area contributed by atoms with E-state index in [0.29, 0.717) is 5.84 Å². The highest BCUT2D eigenvalue weighted by atomic mass is 15.2. The van der Waals surface area contributed by atoms with Gasteiger partial charge in [-0.3, -0.25) is 10.3 Å². The number of hydrogen-bond acceptors (Lipinski definition) is 2. The van der Waals surface area contributed by atoms with Crippen LogP contribution in [0.2, 0.25) is 0 Å². The molecule has 0 aromatic heterocycles. The Morgan fingerprint density at radius 3 is 2.52 bits per heavy atom. The molecule has 0 spiro atoms. The van der Waals surface area contributed by atoms with Gasteiger partial charge in [-0.15, -0.1) is 0 Å². The molecule has 1 aliphatic carbocycles. The van der Waals surface area contributed by atoms with E-state index >= 15 is 0 Å². The summed E-state index contributed by atoms with van der Waals surface area (Å²) in [6, 6.07) is 11.1. The van der Waals surface area contributed by atoms with E-state index < -0.39 is 0 Å². The van der Waals surface area contributed by atoms with Gasteiger partial charge in [-0.1, -0.05) is 43.2 Å². The van der Waals surface area contributed by atoms with Crippen molar-refractivity contribution in [1.29, 1.82) is 5.41 Å². The second-order valence-corrected chi connectivity index (χ2v) is 6.67. The number of likely N-dealkylation sites (tertiary alicyclic amines) is 1. The van der Waals surface area contributed by atoms with Crippen LogP contribution in [0.3, 0.4) is 0 Å². The summed E-state index contributed by atoms with van der Waals surface area (Å²) >= 11 is 0. The molecule has 0 bridgehead atoms. The van der Waals surface area contributed by atoms with Crippen molar-refractivity contribution in [3.8, 4) is 0 Å². The first-order valence-corrected chi connectivity index (χ1v) is 8.38. The third kappa shape index (κ3) is 3.29. The largest absolute Gasteiger partial charge is 0.387 e. The maximum absolute atomic E-state index is 7.98. The zero-order valence-corrected chi connectivity index (χ0v) is 12.8. The van der Waals surface area contributed by atoms with E-state index in [1.807, 2.05) is 18.2 Å². The molecular weight excluding hydrogens is 258 g/mol. The van der Waals surface area contributed by atoms with Crippen molar-refractivity contribution in [2.45, 2.75) is 50.5 Å². The summed E-state index contributed by atoms with van der Waals surface area (Å²) in [6.07, 6.45) is 8.26. The Hall–Kier alpha value is -1.35. The molecule has 3 nitrogen and oxygen atoms in total. The van der Waals surface area contributed by atoms with Crippen molar-refractivity contribution in [3.05, 3.63) is 35.9 Å². The van der Waals surface area contributed by atoms with Gasteiger partial charge in [0.1, 0.15) is 0 Å². The van der Waals surface area contributed by atoms with E-state index in [0.717, 1.165) is 18.5 Å². The lowest BCUT2D eigenvalue weighted by Crippen LogP contribution is -2.40. The highest BCUT2D eigenvalue weighted by Crippen LogP contribution is 2.36. The van der Waals surface area contributed by atoms with Crippen LogP contribution in [0.1, 0.15) is 50.0 Å². The Kier molecular flexibility index (Phi) is 4.59. The molecule has 21 heavy (non-hydrogen) atoms. The average molecular weight is 285 g/mol. The molecule has 1 aromatic carbocycles. The van der Waals surface area contributed by atoms with Crippen molar-refractivity contribution in [1.82, 2.24) is 4.90 Å². The summed E-state index contributed by atoms with van der Waals surface area (Å²) in [5.41, 5.74) is 7.08. The molecule has 0 radical (unpaired) electrons. The molecular formula is C18H27N3. The van der Waals surface area contributed by atoms with Gasteiger partial charge in [0.25, 0.3) is 0 Å². The summed E-state index contributed by atoms with van der Waals surface area (Å²) in [5, 5.41) is 7.98. The highest BCUT2D eigenvalue weighted by Gasteiger charge is 2.34. The summed E-state index contributed by atoms with van der Waals surface area (Å²) < 4.78 is 0. The molecule has 1 aliphatic heterocycles. The Morgan fingerprint density at radius 1 is 1.14 bits per heavy atom. The molecule has 114 valence electrons. The smallest absolute Gasteiger partial charge is 0.0995 e. The standard InChI is InChI=1S/C18H27N3/c19-18(20)16(14-7-2-1-3-8-14)13-21-12-6-11-17(21)15-9-4-5-10-15/h1-3,7-8,15-17H,4-6,9-13H2,(H3,19,20). The maximum atomic E-state index is 7.98. The second-order valence-electron chi connectivity index (χ2n) is 6.67. The molecule has 2 aliphatic rings. The Labute approximate surface area is 128 Å². The molecule has 0 amide bonds. The van der Waals surface area contributed by atoms with Gasteiger partial charge in [0.05, 0.1) is 11.8 Å². The van der Waals surface area contributed by atoms with Gasteiger partial charge in [0.2, 0.25) is 0 Å². The SMILES string of the molecule is N=C(N)C(CN1CCCC1C1CCCC1)c1ccccc1. The summed E-state index contributed by atoms with van der Waals surface area (Å²) in [4.78, 5) is 2.62. The van der Waals surface area contributed by atoms with Gasteiger partial charge in [-0.2, -0.15) is 0 Å². The van der Waals surface area contributed by atoms with Gasteiger partial charge in [-0.05, 0) is 43.7 Å². The summed E-state index contributed by atoms with van der Waals surface area (Å²) in [6.45, 7) is 2.10. The van der Waals surface area contributed by atoms with E-state index in [9.17, 15) is 0 Å². The van der Waals surface area contributed by atoms with Crippen molar-refractivity contribution in [2.24, 2.45) is 11.7 Å². The van der Waals surface area contributed by atoms with Crippen molar-refractivity contribution >= 4 is 5.84 Å². The topological polar surface area (TPSA) is 53.1 Å². The predicted octanol–water partition coefficient (Wildman–Crippen LogP) is 3.36. The number of amidine groups is 1. The zero-order chi connectivity index (χ0) is 14.7. The summed E-state index contributed by atoms with van der Waals surface area (Å²) in [7, 11) is 0. The lowest BCUT2D eigenvalue weighted by molar-refractivity contribution is 0.189. The predicted molar refractivity (Wildman–Crippen MR) is 87.7 cm³/mol. The normalized spacial score (nSPS) is 25.2. The van der Waals surface area contributed by atoms with Crippen LogP contribution in [0.15, 0.2) is 30.3 Å². The molecule has 1 aromatic rings. The number of nitrogens with zero attached hydrogens (tertiary/aromatic N) is 1. The number of rotatable bonds is 5. The van der Waals surface area contributed by atoms with Crippen LogP contribution in [-0.2, 0) is 0 Å². The molecule has 2 unspecified atom stereocenters. The molecule has 2 atom stereocenters. The van der Waals surface area contributed by atoms with E-state index in [2.05, 4.69) is 17.0 Å². The van der Waals surface area contributed by atoms with Crippen LogP contribution in [0.4, 0.5) is 0 Å². The Morgan fingerprint density at radius 2 is 1.86 bits per heavy atom. The van der Waals surface area contributed by atoms with Crippen LogP contribution in [0, 0.1) is 11.3 Å². The number of nitrogens with one attached hydrogen (secondary N) is 1. The quantitative estimate of drug-likeness (QED) is 0.644. The van der Waals surface area contributed by atoms with Gasteiger partial charge in [0.15, 0.2) is 0 Å². The fourth-order valence-corrected chi connectivity index (χ4v) is 4.26. The van der Waals surface area contributed by atoms with E-state index in [-0.39, 0.29) is 5.92 Å². The van der Waals surface area contributed by atoms with Crippen LogP contribution in [0.5, 0.6) is 0 Å². The first-order valence-electron chi connectivity index (χ1n) is 8.38. The lowest BCUT2D eigenvalue weighted by atomic mass is 9.93. The lowest BCUT2D eigenvalue weighted by Gasteiger charge is -2.32. The van der Waals surface area contributed by atoms with E-state index in [1.165, 1.54) is 50.6 Å². The molecule has 1 saturated heterocycles. The average Bonchev–Trinajstić information content (AvgIpc) is 3.16. The van der Waals surface area contributed by atoms with Crippen LogP contribution in [-0.4, -0.2) is 29.9 Å².